The van der Waals surface area contributed by atoms with Gasteiger partial charge in [0.05, 0.1) is 0 Å². The molecule has 2 aliphatic rings. The van der Waals surface area contributed by atoms with Crippen LogP contribution in [0, 0.1) is 5.41 Å². The lowest BCUT2D eigenvalue weighted by Crippen LogP contribution is -2.46. The van der Waals surface area contributed by atoms with Gasteiger partial charge in [-0.15, -0.1) is 0 Å². The average Bonchev–Trinajstić information content (AvgIpc) is 2.95. The maximum atomic E-state index is 3.81. The first-order valence-electron chi connectivity index (χ1n) is 9.05. The molecule has 0 aromatic heterocycles. The van der Waals surface area contributed by atoms with Crippen molar-refractivity contribution in [2.24, 2.45) is 5.41 Å². The van der Waals surface area contributed by atoms with Crippen LogP contribution in [0.25, 0.3) is 0 Å². The number of benzene rings is 1. The van der Waals surface area contributed by atoms with Crippen molar-refractivity contribution in [3.05, 3.63) is 34.9 Å². The summed E-state index contributed by atoms with van der Waals surface area (Å²) in [6.07, 6.45) is 12.2. The standard InChI is InChI=1S/C20H31N/c1-3-21-19(20(2)12-5-4-6-13-20)15-16-10-11-17-8-7-9-18(17)14-16/h10-11,14,19,21H,3-9,12-13,15H2,1-2H3. The quantitative estimate of drug-likeness (QED) is 0.829. The van der Waals surface area contributed by atoms with E-state index in [1.54, 1.807) is 16.7 Å². The third-order valence-corrected chi connectivity index (χ3v) is 5.89. The summed E-state index contributed by atoms with van der Waals surface area (Å²) in [6, 6.07) is 7.92. The fraction of sp³-hybridized carbons (Fsp3) is 0.700. The smallest absolute Gasteiger partial charge is 0.0161 e. The number of fused-ring (bicyclic) bond motifs is 1. The second-order valence-electron chi connectivity index (χ2n) is 7.49. The zero-order valence-corrected chi connectivity index (χ0v) is 13.9. The minimum atomic E-state index is 0.493. The van der Waals surface area contributed by atoms with Crippen LogP contribution in [0.1, 0.15) is 69.1 Å². The number of likely N-dealkylation sites (N-methyl/N-ethyl adjacent to an activating group) is 1. The molecule has 1 atom stereocenters. The monoisotopic (exact) mass is 285 g/mol. The summed E-state index contributed by atoms with van der Waals surface area (Å²) in [4.78, 5) is 0. The van der Waals surface area contributed by atoms with Crippen LogP contribution in [0.3, 0.4) is 0 Å². The maximum absolute atomic E-state index is 3.81. The molecular formula is C20H31N. The van der Waals surface area contributed by atoms with Crippen LogP contribution in [-0.2, 0) is 19.3 Å². The molecule has 1 heteroatoms. The van der Waals surface area contributed by atoms with Gasteiger partial charge in [-0.25, -0.2) is 0 Å². The summed E-state index contributed by atoms with van der Waals surface area (Å²) in [5, 5.41) is 3.81. The van der Waals surface area contributed by atoms with Crippen molar-refractivity contribution in [1.82, 2.24) is 5.32 Å². The fourth-order valence-corrected chi connectivity index (χ4v) is 4.51. The molecule has 0 radical (unpaired) electrons. The molecule has 2 aliphatic carbocycles. The Morgan fingerprint density at radius 3 is 2.57 bits per heavy atom. The average molecular weight is 285 g/mol. The van der Waals surface area contributed by atoms with Gasteiger partial charge < -0.3 is 5.32 Å². The molecule has 1 aromatic carbocycles. The van der Waals surface area contributed by atoms with E-state index in [0.29, 0.717) is 11.5 Å². The van der Waals surface area contributed by atoms with Gasteiger partial charge >= 0.3 is 0 Å². The van der Waals surface area contributed by atoms with Crippen molar-refractivity contribution in [2.75, 3.05) is 6.54 Å². The van der Waals surface area contributed by atoms with Crippen molar-refractivity contribution in [3.63, 3.8) is 0 Å². The van der Waals surface area contributed by atoms with Gasteiger partial charge in [0.2, 0.25) is 0 Å². The topological polar surface area (TPSA) is 12.0 Å². The van der Waals surface area contributed by atoms with Crippen molar-refractivity contribution in [1.29, 1.82) is 0 Å². The first-order valence-corrected chi connectivity index (χ1v) is 9.05. The SMILES string of the molecule is CCNC(Cc1ccc2c(c1)CCC2)C1(C)CCCCC1. The number of rotatable bonds is 5. The number of aryl methyl sites for hydroxylation is 2. The molecule has 1 nitrogen and oxygen atoms in total. The molecule has 0 heterocycles. The van der Waals surface area contributed by atoms with E-state index in [-0.39, 0.29) is 0 Å². The summed E-state index contributed by atoms with van der Waals surface area (Å²) in [5.41, 5.74) is 5.26. The Balaban J connectivity index is 1.75. The van der Waals surface area contributed by atoms with Gasteiger partial charge in [-0.2, -0.15) is 0 Å². The molecule has 0 bridgehead atoms. The van der Waals surface area contributed by atoms with Gasteiger partial charge in [0, 0.05) is 6.04 Å². The van der Waals surface area contributed by atoms with Crippen LogP contribution in [0.2, 0.25) is 0 Å². The van der Waals surface area contributed by atoms with Gasteiger partial charge in [-0.05, 0) is 67.2 Å². The molecule has 0 saturated heterocycles. The van der Waals surface area contributed by atoms with Gasteiger partial charge in [0.15, 0.2) is 0 Å². The molecule has 3 rings (SSSR count). The highest BCUT2D eigenvalue weighted by Crippen LogP contribution is 2.40. The summed E-state index contributed by atoms with van der Waals surface area (Å²) in [6.45, 7) is 5.86. The molecule has 0 amide bonds. The molecule has 1 N–H and O–H groups in total. The lowest BCUT2D eigenvalue weighted by atomic mass is 9.69. The Bertz CT molecular complexity index is 471. The Kier molecular flexibility index (Phi) is 4.69. The second kappa shape index (κ2) is 6.52. The van der Waals surface area contributed by atoms with Crippen molar-refractivity contribution in [2.45, 2.75) is 77.7 Å². The Labute approximate surface area is 130 Å². The Hall–Kier alpha value is -0.820. The van der Waals surface area contributed by atoms with Crippen LogP contribution in [-0.4, -0.2) is 12.6 Å². The van der Waals surface area contributed by atoms with Crippen LogP contribution in [0.4, 0.5) is 0 Å². The molecule has 116 valence electrons. The molecule has 1 fully saturated rings. The van der Waals surface area contributed by atoms with Gasteiger partial charge in [-0.3, -0.25) is 0 Å². The molecule has 1 unspecified atom stereocenters. The fourth-order valence-electron chi connectivity index (χ4n) is 4.51. The molecule has 1 saturated carbocycles. The van der Waals surface area contributed by atoms with Crippen molar-refractivity contribution in [3.8, 4) is 0 Å². The largest absolute Gasteiger partial charge is 0.313 e. The van der Waals surface area contributed by atoms with Crippen LogP contribution >= 0.6 is 0 Å². The molecule has 21 heavy (non-hydrogen) atoms. The highest BCUT2D eigenvalue weighted by molar-refractivity contribution is 5.35. The normalized spacial score (nSPS) is 22.0. The van der Waals surface area contributed by atoms with Crippen LogP contribution in [0.15, 0.2) is 18.2 Å². The summed E-state index contributed by atoms with van der Waals surface area (Å²) in [7, 11) is 0. The van der Waals surface area contributed by atoms with Crippen molar-refractivity contribution >= 4 is 0 Å². The Morgan fingerprint density at radius 1 is 1.05 bits per heavy atom. The van der Waals surface area contributed by atoms with E-state index < -0.39 is 0 Å². The second-order valence-corrected chi connectivity index (χ2v) is 7.49. The van der Waals surface area contributed by atoms with E-state index in [1.165, 1.54) is 57.8 Å². The number of hydrogen-bond acceptors (Lipinski definition) is 1. The number of hydrogen-bond donors (Lipinski definition) is 1. The van der Waals surface area contributed by atoms with Gasteiger partial charge in [0.1, 0.15) is 0 Å². The predicted molar refractivity (Wildman–Crippen MR) is 90.8 cm³/mol. The lowest BCUT2D eigenvalue weighted by Gasteiger charge is -2.41. The highest BCUT2D eigenvalue weighted by atomic mass is 14.9. The van der Waals surface area contributed by atoms with Crippen LogP contribution < -0.4 is 5.32 Å². The van der Waals surface area contributed by atoms with E-state index in [1.807, 2.05) is 0 Å². The van der Waals surface area contributed by atoms with E-state index in [9.17, 15) is 0 Å². The van der Waals surface area contributed by atoms with E-state index in [2.05, 4.69) is 37.4 Å². The first-order chi connectivity index (χ1) is 10.2. The Morgan fingerprint density at radius 2 is 1.81 bits per heavy atom. The van der Waals surface area contributed by atoms with E-state index >= 15 is 0 Å². The van der Waals surface area contributed by atoms with Crippen molar-refractivity contribution < 1.29 is 0 Å². The minimum Gasteiger partial charge on any atom is -0.313 e. The number of nitrogens with one attached hydrogen (secondary N) is 1. The van der Waals surface area contributed by atoms with E-state index in [4.69, 9.17) is 0 Å². The lowest BCUT2D eigenvalue weighted by molar-refractivity contribution is 0.145. The predicted octanol–water partition coefficient (Wildman–Crippen LogP) is 4.67. The molecular weight excluding hydrogens is 254 g/mol. The maximum Gasteiger partial charge on any atom is 0.0161 e. The minimum absolute atomic E-state index is 0.493. The van der Waals surface area contributed by atoms with Crippen LogP contribution in [0.5, 0.6) is 0 Å². The van der Waals surface area contributed by atoms with Gasteiger partial charge in [0.25, 0.3) is 0 Å². The molecule has 1 aromatic rings. The van der Waals surface area contributed by atoms with Gasteiger partial charge in [-0.1, -0.05) is 51.3 Å². The summed E-state index contributed by atoms with van der Waals surface area (Å²) >= 11 is 0. The molecule has 0 spiro atoms. The zero-order valence-electron chi connectivity index (χ0n) is 13.9. The first kappa shape index (κ1) is 15.1. The third kappa shape index (κ3) is 3.34. The summed E-state index contributed by atoms with van der Waals surface area (Å²) in [5.74, 6) is 0. The highest BCUT2D eigenvalue weighted by Gasteiger charge is 2.34. The van der Waals surface area contributed by atoms with E-state index in [0.717, 1.165) is 6.54 Å². The molecule has 0 aliphatic heterocycles. The summed E-state index contributed by atoms with van der Waals surface area (Å²) < 4.78 is 0. The zero-order chi connectivity index (χ0) is 14.7. The third-order valence-electron chi connectivity index (χ3n) is 5.89.